The average Bonchev–Trinajstić information content (AvgIpc) is 2.54. The molecule has 0 saturated carbocycles. The van der Waals surface area contributed by atoms with Crippen molar-refractivity contribution in [2.45, 2.75) is 19.4 Å². The lowest BCUT2D eigenvalue weighted by molar-refractivity contribution is -0.385. The van der Waals surface area contributed by atoms with Gasteiger partial charge in [-0.05, 0) is 18.6 Å². The van der Waals surface area contributed by atoms with Crippen molar-refractivity contribution in [3.05, 3.63) is 63.8 Å². The third-order valence-corrected chi connectivity index (χ3v) is 3.66. The van der Waals surface area contributed by atoms with Crippen molar-refractivity contribution < 1.29 is 9.72 Å². The van der Waals surface area contributed by atoms with Gasteiger partial charge in [-0.25, -0.2) is 4.98 Å². The highest BCUT2D eigenvalue weighted by Gasteiger charge is 2.19. The van der Waals surface area contributed by atoms with Crippen LogP contribution in [-0.2, 0) is 4.79 Å². The van der Waals surface area contributed by atoms with Crippen molar-refractivity contribution in [2.75, 3.05) is 19.4 Å². The largest absolute Gasteiger partial charge is 0.363 e. The van der Waals surface area contributed by atoms with E-state index in [4.69, 9.17) is 0 Å². The SMILES string of the molecule is Cc1nc(N[C@H](CC(=O)N(C)C)c2ccccc2)ccc1[N+](=O)[O-]. The van der Waals surface area contributed by atoms with E-state index in [0.717, 1.165) is 5.56 Å². The molecule has 2 aromatic rings. The summed E-state index contributed by atoms with van der Waals surface area (Å²) in [6, 6.07) is 12.3. The smallest absolute Gasteiger partial charge is 0.290 e. The van der Waals surface area contributed by atoms with Crippen LogP contribution in [-0.4, -0.2) is 34.8 Å². The molecule has 0 fully saturated rings. The summed E-state index contributed by atoms with van der Waals surface area (Å²) < 4.78 is 0. The number of carbonyl (C=O) groups is 1. The molecule has 1 atom stereocenters. The normalized spacial score (nSPS) is 11.6. The van der Waals surface area contributed by atoms with Crippen LogP contribution < -0.4 is 5.32 Å². The molecule has 0 aliphatic carbocycles. The number of aryl methyl sites for hydroxylation is 1. The number of nitrogens with one attached hydrogen (secondary N) is 1. The zero-order valence-electron chi connectivity index (χ0n) is 13.9. The van der Waals surface area contributed by atoms with Crippen molar-refractivity contribution in [3.63, 3.8) is 0 Å². The molecule has 7 nitrogen and oxygen atoms in total. The Balaban J connectivity index is 2.26. The number of anilines is 1. The summed E-state index contributed by atoms with van der Waals surface area (Å²) in [6.45, 7) is 1.59. The Bertz CT molecular complexity index is 732. The van der Waals surface area contributed by atoms with Crippen molar-refractivity contribution in [1.29, 1.82) is 0 Å². The van der Waals surface area contributed by atoms with Crippen LogP contribution in [0.25, 0.3) is 0 Å². The summed E-state index contributed by atoms with van der Waals surface area (Å²) >= 11 is 0. The fourth-order valence-corrected chi connectivity index (χ4v) is 2.30. The number of benzene rings is 1. The van der Waals surface area contributed by atoms with E-state index in [1.165, 1.54) is 11.0 Å². The Hall–Kier alpha value is -2.96. The molecule has 1 aromatic heterocycles. The lowest BCUT2D eigenvalue weighted by Crippen LogP contribution is -2.26. The number of nitrogens with zero attached hydrogens (tertiary/aromatic N) is 3. The quantitative estimate of drug-likeness (QED) is 0.650. The second-order valence-corrected chi connectivity index (χ2v) is 5.66. The summed E-state index contributed by atoms with van der Waals surface area (Å²) in [4.78, 5) is 28.3. The van der Waals surface area contributed by atoms with E-state index >= 15 is 0 Å². The lowest BCUT2D eigenvalue weighted by atomic mass is 10.0. The van der Waals surface area contributed by atoms with Crippen LogP contribution in [0, 0.1) is 17.0 Å². The molecule has 0 aliphatic rings. The molecular formula is C17H20N4O3. The first-order valence-electron chi connectivity index (χ1n) is 7.52. The van der Waals surface area contributed by atoms with Crippen LogP contribution in [0.2, 0.25) is 0 Å². The van der Waals surface area contributed by atoms with Gasteiger partial charge in [-0.15, -0.1) is 0 Å². The Kier molecular flexibility index (Phi) is 5.47. The molecule has 0 bridgehead atoms. The summed E-state index contributed by atoms with van der Waals surface area (Å²) in [6.07, 6.45) is 0.259. The maximum atomic E-state index is 12.1. The zero-order valence-corrected chi connectivity index (χ0v) is 13.9. The predicted octanol–water partition coefficient (Wildman–Crippen LogP) is 2.93. The van der Waals surface area contributed by atoms with Crippen molar-refractivity contribution in [1.82, 2.24) is 9.88 Å². The summed E-state index contributed by atoms with van der Waals surface area (Å²) in [7, 11) is 3.41. The maximum Gasteiger partial charge on any atom is 0.290 e. The minimum absolute atomic E-state index is 0.0185. The third kappa shape index (κ3) is 4.28. The molecule has 2 rings (SSSR count). The number of amides is 1. The summed E-state index contributed by atoms with van der Waals surface area (Å²) in [5.41, 5.74) is 1.25. The van der Waals surface area contributed by atoms with Gasteiger partial charge in [0.15, 0.2) is 0 Å². The van der Waals surface area contributed by atoms with E-state index in [2.05, 4.69) is 10.3 Å². The highest BCUT2D eigenvalue weighted by Crippen LogP contribution is 2.24. The molecule has 1 N–H and O–H groups in total. The molecule has 0 saturated heterocycles. The van der Waals surface area contributed by atoms with Crippen LogP contribution in [0.1, 0.15) is 23.7 Å². The molecule has 1 amide bonds. The van der Waals surface area contributed by atoms with E-state index in [9.17, 15) is 14.9 Å². The molecule has 1 heterocycles. The van der Waals surface area contributed by atoms with Gasteiger partial charge in [-0.2, -0.15) is 0 Å². The molecule has 126 valence electrons. The molecule has 0 unspecified atom stereocenters. The van der Waals surface area contributed by atoms with Crippen LogP contribution in [0.3, 0.4) is 0 Å². The maximum absolute atomic E-state index is 12.1. The summed E-state index contributed by atoms with van der Waals surface area (Å²) in [5.74, 6) is 0.480. The standard InChI is InChI=1S/C17H20N4O3/c1-12-15(21(23)24)9-10-16(18-12)19-14(11-17(22)20(2)3)13-7-5-4-6-8-13/h4-10,14H,11H2,1-3H3,(H,18,19)/t14-/m1/s1. The number of pyridine rings is 1. The first kappa shape index (κ1) is 17.4. The highest BCUT2D eigenvalue weighted by atomic mass is 16.6. The monoisotopic (exact) mass is 328 g/mol. The van der Waals surface area contributed by atoms with E-state index in [1.807, 2.05) is 30.3 Å². The first-order valence-corrected chi connectivity index (χ1v) is 7.52. The van der Waals surface area contributed by atoms with Crippen molar-refractivity contribution in [2.24, 2.45) is 0 Å². The molecule has 0 radical (unpaired) electrons. The van der Waals surface area contributed by atoms with Crippen LogP contribution in [0.15, 0.2) is 42.5 Å². The van der Waals surface area contributed by atoms with Gasteiger partial charge < -0.3 is 10.2 Å². The second-order valence-electron chi connectivity index (χ2n) is 5.66. The number of aromatic nitrogens is 1. The molecule has 7 heteroatoms. The minimum Gasteiger partial charge on any atom is -0.363 e. The second kappa shape index (κ2) is 7.54. The van der Waals surface area contributed by atoms with Crippen molar-refractivity contribution >= 4 is 17.4 Å². The third-order valence-electron chi connectivity index (χ3n) is 3.66. The fourth-order valence-electron chi connectivity index (χ4n) is 2.30. The summed E-state index contributed by atoms with van der Waals surface area (Å²) in [5, 5.41) is 14.1. The fraction of sp³-hybridized carbons (Fsp3) is 0.294. The topological polar surface area (TPSA) is 88.4 Å². The lowest BCUT2D eigenvalue weighted by Gasteiger charge is -2.21. The molecule has 0 aliphatic heterocycles. The van der Waals surface area contributed by atoms with E-state index in [-0.39, 0.29) is 24.1 Å². The van der Waals surface area contributed by atoms with Gasteiger partial charge in [0.05, 0.1) is 17.4 Å². The Morgan fingerprint density at radius 3 is 2.46 bits per heavy atom. The number of rotatable bonds is 6. The van der Waals surface area contributed by atoms with Gasteiger partial charge in [0.1, 0.15) is 11.5 Å². The highest BCUT2D eigenvalue weighted by molar-refractivity contribution is 5.77. The molecular weight excluding hydrogens is 308 g/mol. The van der Waals surface area contributed by atoms with Crippen LogP contribution in [0.4, 0.5) is 11.5 Å². The Labute approximate surface area is 140 Å². The Morgan fingerprint density at radius 2 is 1.92 bits per heavy atom. The predicted molar refractivity (Wildman–Crippen MR) is 91.7 cm³/mol. The Morgan fingerprint density at radius 1 is 1.25 bits per heavy atom. The van der Waals surface area contributed by atoms with Crippen LogP contribution in [0.5, 0.6) is 0 Å². The van der Waals surface area contributed by atoms with Gasteiger partial charge in [-0.3, -0.25) is 14.9 Å². The van der Waals surface area contributed by atoms with Gasteiger partial charge in [0.25, 0.3) is 5.69 Å². The molecule has 0 spiro atoms. The number of carbonyl (C=O) groups excluding carboxylic acids is 1. The zero-order chi connectivity index (χ0) is 17.7. The van der Waals surface area contributed by atoms with E-state index in [1.54, 1.807) is 27.1 Å². The minimum atomic E-state index is -0.462. The van der Waals surface area contributed by atoms with Gasteiger partial charge in [-0.1, -0.05) is 30.3 Å². The van der Waals surface area contributed by atoms with Gasteiger partial charge in [0.2, 0.25) is 5.91 Å². The van der Waals surface area contributed by atoms with Gasteiger partial charge >= 0.3 is 0 Å². The molecule has 1 aromatic carbocycles. The van der Waals surface area contributed by atoms with Crippen LogP contribution >= 0.6 is 0 Å². The molecule has 24 heavy (non-hydrogen) atoms. The van der Waals surface area contributed by atoms with E-state index in [0.29, 0.717) is 11.5 Å². The first-order chi connectivity index (χ1) is 11.4. The number of hydrogen-bond acceptors (Lipinski definition) is 5. The average molecular weight is 328 g/mol. The van der Waals surface area contributed by atoms with Crippen molar-refractivity contribution in [3.8, 4) is 0 Å². The van der Waals surface area contributed by atoms with Gasteiger partial charge in [0, 0.05) is 20.2 Å². The number of nitro groups is 1. The van der Waals surface area contributed by atoms with E-state index < -0.39 is 4.92 Å². The number of hydrogen-bond donors (Lipinski definition) is 1.